The van der Waals surface area contributed by atoms with Crippen LogP contribution in [0.15, 0.2) is 114 Å². The number of nitrogens with one attached hydrogen (secondary N) is 5. The number of aromatic amines is 1. The van der Waals surface area contributed by atoms with Crippen LogP contribution in [-0.2, 0) is 25.4 Å². The number of carbonyl (C=O) groups is 4. The number of alkyl halides is 6. The lowest BCUT2D eigenvalue weighted by Crippen LogP contribution is -2.29. The fraction of sp³-hybridized carbons (Fsp3) is 0.200. The number of rotatable bonds is 14. The zero-order valence-corrected chi connectivity index (χ0v) is 40.1. The average Bonchev–Trinajstić information content (AvgIpc) is 4.13. The molecule has 4 aromatic heterocycles. The molecule has 0 fully saturated rings. The average molecular weight is 1060 g/mol. The van der Waals surface area contributed by atoms with Gasteiger partial charge in [0.25, 0.3) is 23.6 Å². The Morgan fingerprint density at radius 2 is 0.974 bits per heavy atom. The SMILES string of the molecule is Cc1cc(CNC(=O)c2cc(C(=O)N[C@@H](C)c3ccc(-c4n[nH]c(C(F)(F)F)n4)cc3)ncn2)ccc1F.Cc1cc(CNC(=O)c2cc(C(=O)N[C@@H](C)c3ccc(-c4noc(C(F)(F)F)n4)cc3)ncn2)ccc1F. The molecule has 76 heavy (non-hydrogen) atoms. The molecular formula is C50H41F8N13O5. The van der Waals surface area contributed by atoms with Crippen molar-refractivity contribution in [3.05, 3.63) is 189 Å². The maximum Gasteiger partial charge on any atom is 0.471 e. The first-order chi connectivity index (χ1) is 36.0. The standard InChI is InChI=1S/C25H21F4N7O2.C25H20F4N6O3/c1-13-9-15(3-8-18(13)26)11-30-22(37)19-10-20(32-12-31-19)23(38)33-14(2)16-4-6-17(7-5-16)21-34-24(36-35-21)25(27,28)29;1-13-9-15(3-8-18(13)26)11-30-22(36)19-10-20(32-12-31-19)23(37)33-14(2)16-4-6-17(7-5-16)21-34-24(38-35-21)25(27,28)29/h3-10,12,14H,11H2,1-2H3,(H,30,37)(H,33,38)(H,34,35,36);3-10,12,14H,11H2,1-2H3,(H,30,36)(H,33,37)/t2*14-/m00/s1. The van der Waals surface area contributed by atoms with Crippen molar-refractivity contribution in [2.45, 2.75) is 65.2 Å². The summed E-state index contributed by atoms with van der Waals surface area (Å²) in [5, 5.41) is 19.6. The molecule has 4 amide bonds. The van der Waals surface area contributed by atoms with Crippen molar-refractivity contribution < 1.29 is 58.8 Å². The first-order valence-corrected chi connectivity index (χ1v) is 22.5. The monoisotopic (exact) mass is 1060 g/mol. The Bertz CT molecular complexity index is 3160. The molecule has 0 aliphatic heterocycles. The number of nitrogens with zero attached hydrogens (tertiary/aromatic N) is 8. The zero-order valence-electron chi connectivity index (χ0n) is 40.1. The summed E-state index contributed by atoms with van der Waals surface area (Å²) in [4.78, 5) is 72.9. The highest BCUT2D eigenvalue weighted by Gasteiger charge is 2.39. The fourth-order valence-corrected chi connectivity index (χ4v) is 6.91. The van der Waals surface area contributed by atoms with Crippen LogP contribution in [-0.4, -0.2) is 68.9 Å². The van der Waals surface area contributed by atoms with Crippen LogP contribution in [0.4, 0.5) is 35.1 Å². The summed E-state index contributed by atoms with van der Waals surface area (Å²) in [5.74, 6) is -5.86. The third kappa shape index (κ3) is 14.0. The van der Waals surface area contributed by atoms with Crippen LogP contribution in [0.1, 0.15) is 113 Å². The van der Waals surface area contributed by atoms with Crippen LogP contribution < -0.4 is 21.3 Å². The maximum atomic E-state index is 13.4. The normalized spacial score (nSPS) is 12.2. The molecule has 8 rings (SSSR count). The molecule has 0 saturated carbocycles. The number of halogens is 8. The van der Waals surface area contributed by atoms with Crippen molar-refractivity contribution in [3.8, 4) is 22.8 Å². The lowest BCUT2D eigenvalue weighted by atomic mass is 10.1. The van der Waals surface area contributed by atoms with Gasteiger partial charge in [-0.25, -0.2) is 33.7 Å². The topological polar surface area (TPSA) is 248 Å². The minimum absolute atomic E-state index is 0.0225. The van der Waals surface area contributed by atoms with Crippen molar-refractivity contribution in [3.63, 3.8) is 0 Å². The molecule has 0 unspecified atom stereocenters. The van der Waals surface area contributed by atoms with Crippen molar-refractivity contribution in [2.24, 2.45) is 0 Å². The first kappa shape index (κ1) is 54.4. The van der Waals surface area contributed by atoms with Gasteiger partial charge in [0.2, 0.25) is 11.6 Å². The number of hydrogen-bond donors (Lipinski definition) is 5. The largest absolute Gasteiger partial charge is 0.471 e. The van der Waals surface area contributed by atoms with Gasteiger partial charge in [0, 0.05) is 36.3 Å². The summed E-state index contributed by atoms with van der Waals surface area (Å²) in [6.45, 7) is 6.92. The Morgan fingerprint density at radius 1 is 0.553 bits per heavy atom. The molecule has 0 saturated heterocycles. The highest BCUT2D eigenvalue weighted by molar-refractivity contribution is 5.98. The van der Waals surface area contributed by atoms with E-state index in [4.69, 9.17) is 0 Å². The molecule has 0 spiro atoms. The second kappa shape index (κ2) is 23.2. The molecule has 8 aromatic rings. The Balaban J connectivity index is 0.000000221. The van der Waals surface area contributed by atoms with Crippen molar-refractivity contribution in [2.75, 3.05) is 0 Å². The molecule has 5 N–H and O–H groups in total. The minimum Gasteiger partial charge on any atom is -0.347 e. The molecule has 392 valence electrons. The number of hydrogen-bond acceptors (Lipinski definition) is 13. The van der Waals surface area contributed by atoms with Gasteiger partial charge in [0.15, 0.2) is 5.82 Å². The molecular weight excluding hydrogens is 1010 g/mol. The van der Waals surface area contributed by atoms with Crippen LogP contribution >= 0.6 is 0 Å². The highest BCUT2D eigenvalue weighted by Crippen LogP contribution is 2.30. The summed E-state index contributed by atoms with van der Waals surface area (Å²) >= 11 is 0. The Hall–Kier alpha value is -9.36. The predicted octanol–water partition coefficient (Wildman–Crippen LogP) is 8.56. The van der Waals surface area contributed by atoms with Crippen molar-refractivity contribution in [1.82, 2.24) is 66.5 Å². The Morgan fingerprint density at radius 3 is 1.36 bits per heavy atom. The lowest BCUT2D eigenvalue weighted by molar-refractivity contribution is -0.159. The molecule has 4 aromatic carbocycles. The van der Waals surface area contributed by atoms with Crippen LogP contribution in [0.25, 0.3) is 22.8 Å². The van der Waals surface area contributed by atoms with Gasteiger partial charge in [-0.05, 0) is 73.2 Å². The Labute approximate surface area is 425 Å². The smallest absolute Gasteiger partial charge is 0.347 e. The molecule has 0 bridgehead atoms. The second-order valence-electron chi connectivity index (χ2n) is 16.7. The van der Waals surface area contributed by atoms with E-state index in [1.807, 2.05) is 5.10 Å². The van der Waals surface area contributed by atoms with Gasteiger partial charge in [0.05, 0.1) is 12.1 Å². The number of aromatic nitrogens is 9. The number of amides is 4. The van der Waals surface area contributed by atoms with Crippen molar-refractivity contribution >= 4 is 23.6 Å². The quantitative estimate of drug-likeness (QED) is 0.0641. The van der Waals surface area contributed by atoms with Gasteiger partial charge in [-0.1, -0.05) is 78.0 Å². The lowest BCUT2D eigenvalue weighted by Gasteiger charge is -2.14. The number of aryl methyl sites for hydroxylation is 2. The highest BCUT2D eigenvalue weighted by atomic mass is 19.4. The summed E-state index contributed by atoms with van der Waals surface area (Å²) in [7, 11) is 0. The molecule has 0 aliphatic carbocycles. The van der Waals surface area contributed by atoms with Crippen molar-refractivity contribution in [1.29, 1.82) is 0 Å². The maximum absolute atomic E-state index is 13.4. The zero-order chi connectivity index (χ0) is 54.9. The number of H-pyrrole nitrogens is 1. The van der Waals surface area contributed by atoms with E-state index in [0.717, 1.165) is 12.7 Å². The molecule has 2 atom stereocenters. The van der Waals surface area contributed by atoms with Crippen LogP contribution in [0.3, 0.4) is 0 Å². The van der Waals surface area contributed by atoms with E-state index in [1.165, 1.54) is 48.5 Å². The van der Waals surface area contributed by atoms with Gasteiger partial charge in [0.1, 0.15) is 47.1 Å². The van der Waals surface area contributed by atoms with Crippen LogP contribution in [0.2, 0.25) is 0 Å². The molecule has 0 radical (unpaired) electrons. The van der Waals surface area contributed by atoms with E-state index in [2.05, 4.69) is 65.9 Å². The minimum atomic E-state index is -4.74. The number of carbonyl (C=O) groups excluding carboxylic acids is 4. The third-order valence-electron chi connectivity index (χ3n) is 11.1. The fourth-order valence-electron chi connectivity index (χ4n) is 6.91. The second-order valence-corrected chi connectivity index (χ2v) is 16.7. The van der Waals surface area contributed by atoms with E-state index >= 15 is 0 Å². The van der Waals surface area contributed by atoms with E-state index in [0.29, 0.717) is 44.5 Å². The van der Waals surface area contributed by atoms with E-state index in [1.54, 1.807) is 76.2 Å². The van der Waals surface area contributed by atoms with Gasteiger partial charge in [-0.2, -0.15) is 36.4 Å². The van der Waals surface area contributed by atoms with Gasteiger partial charge >= 0.3 is 18.2 Å². The summed E-state index contributed by atoms with van der Waals surface area (Å²) < 4.78 is 107. The van der Waals surface area contributed by atoms with Crippen LogP contribution in [0, 0.1) is 25.5 Å². The number of benzene rings is 4. The third-order valence-corrected chi connectivity index (χ3v) is 11.1. The van der Waals surface area contributed by atoms with Crippen LogP contribution in [0.5, 0.6) is 0 Å². The molecule has 0 aliphatic rings. The Kier molecular flexibility index (Phi) is 16.6. The van der Waals surface area contributed by atoms with Gasteiger partial charge in [-0.15, -0.1) is 0 Å². The van der Waals surface area contributed by atoms with Gasteiger partial charge < -0.3 is 25.8 Å². The summed E-state index contributed by atoms with van der Waals surface area (Å²) in [6, 6.07) is 23.0. The summed E-state index contributed by atoms with van der Waals surface area (Å²) in [6.07, 6.45) is -7.19. The predicted molar refractivity (Wildman–Crippen MR) is 252 cm³/mol. The molecule has 18 nitrogen and oxygen atoms in total. The summed E-state index contributed by atoms with van der Waals surface area (Å²) in [5.41, 5.74) is 4.14. The van der Waals surface area contributed by atoms with E-state index in [9.17, 15) is 54.3 Å². The van der Waals surface area contributed by atoms with E-state index < -0.39 is 59.8 Å². The molecule has 4 heterocycles. The van der Waals surface area contributed by atoms with Gasteiger partial charge in [-0.3, -0.25) is 24.3 Å². The molecule has 26 heteroatoms. The first-order valence-electron chi connectivity index (χ1n) is 22.5. The van der Waals surface area contributed by atoms with E-state index in [-0.39, 0.29) is 59.1 Å².